The van der Waals surface area contributed by atoms with Crippen LogP contribution in [0.3, 0.4) is 0 Å². The molecule has 0 atom stereocenters. The molecule has 0 radical (unpaired) electrons. The molecular formula is C11H13BrN4O6. The zero-order chi connectivity index (χ0) is 16.9. The van der Waals surface area contributed by atoms with Crippen LogP contribution in [0.25, 0.3) is 0 Å². The van der Waals surface area contributed by atoms with E-state index in [1.807, 2.05) is 4.98 Å². The van der Waals surface area contributed by atoms with Gasteiger partial charge >= 0.3 is 11.7 Å². The number of aromatic amines is 1. The van der Waals surface area contributed by atoms with Crippen molar-refractivity contribution in [2.45, 2.75) is 6.54 Å². The average molecular weight is 377 g/mol. The lowest BCUT2D eigenvalue weighted by atomic mass is 10.3. The van der Waals surface area contributed by atoms with E-state index in [1.165, 1.54) is 0 Å². The van der Waals surface area contributed by atoms with Gasteiger partial charge in [-0.15, -0.1) is 0 Å². The Labute approximate surface area is 131 Å². The number of halogens is 1. The maximum atomic E-state index is 12.1. The number of hydrogen-bond acceptors (Lipinski definition) is 6. The van der Waals surface area contributed by atoms with Crippen LogP contribution < -0.4 is 17.0 Å². The lowest BCUT2D eigenvalue weighted by molar-refractivity contribution is -0.150. The zero-order valence-electron chi connectivity index (χ0n) is 11.2. The van der Waals surface area contributed by atoms with Crippen LogP contribution in [0.1, 0.15) is 0 Å². The highest BCUT2D eigenvalue weighted by Crippen LogP contribution is 1.99. The van der Waals surface area contributed by atoms with E-state index >= 15 is 0 Å². The number of carboxylic acid groups (broad SMARTS) is 1. The molecule has 0 fully saturated rings. The van der Waals surface area contributed by atoms with Gasteiger partial charge in [-0.25, -0.2) is 9.59 Å². The molecule has 10 nitrogen and oxygen atoms in total. The molecule has 1 amide bonds. The quantitative estimate of drug-likeness (QED) is 0.453. The van der Waals surface area contributed by atoms with Gasteiger partial charge in [0.1, 0.15) is 6.54 Å². The molecule has 120 valence electrons. The number of carbonyl (C=O) groups is 3. The van der Waals surface area contributed by atoms with Gasteiger partial charge in [-0.3, -0.25) is 23.9 Å². The molecule has 0 unspecified atom stereocenters. The first-order valence-corrected chi connectivity index (χ1v) is 6.78. The first-order valence-electron chi connectivity index (χ1n) is 5.99. The summed E-state index contributed by atoms with van der Waals surface area (Å²) in [6.07, 6.45) is 1.12. The minimum Gasteiger partial charge on any atom is -0.475 e. The highest BCUT2D eigenvalue weighted by molar-refractivity contribution is 9.10. The molecule has 4 N–H and O–H groups in total. The van der Waals surface area contributed by atoms with Crippen LogP contribution in [-0.4, -0.2) is 56.9 Å². The standard InChI is InChI=1S/C11H13BrN4O6/c12-6-3-16(11(22)14-9(6)19)5-8(18)15(2-1-13)4-7(17)10(20)21/h3H,1-2,4-5,13H2,(H,20,21)(H,14,19,22). The predicted molar refractivity (Wildman–Crippen MR) is 77.3 cm³/mol. The van der Waals surface area contributed by atoms with Gasteiger partial charge in [-0.05, 0) is 15.9 Å². The van der Waals surface area contributed by atoms with Crippen LogP contribution in [0.5, 0.6) is 0 Å². The summed E-state index contributed by atoms with van der Waals surface area (Å²) in [6.45, 7) is -1.15. The highest BCUT2D eigenvalue weighted by Gasteiger charge is 2.21. The Morgan fingerprint density at radius 1 is 1.36 bits per heavy atom. The number of Topliss-reactive ketones (excluding diaryl/α,β-unsaturated/α-hetero) is 1. The fourth-order valence-electron chi connectivity index (χ4n) is 1.53. The minimum atomic E-state index is -1.67. The van der Waals surface area contributed by atoms with Crippen LogP contribution in [-0.2, 0) is 20.9 Å². The number of carbonyl (C=O) groups excluding carboxylic acids is 2. The second-order valence-electron chi connectivity index (χ2n) is 4.20. The predicted octanol–water partition coefficient (Wildman–Crippen LogP) is -2.26. The summed E-state index contributed by atoms with van der Waals surface area (Å²) in [4.78, 5) is 59.5. The van der Waals surface area contributed by atoms with Crippen LogP contribution in [0.15, 0.2) is 20.3 Å². The van der Waals surface area contributed by atoms with E-state index in [2.05, 4.69) is 15.9 Å². The maximum Gasteiger partial charge on any atom is 0.374 e. The third kappa shape index (κ3) is 4.63. The number of nitrogens with one attached hydrogen (secondary N) is 1. The number of aromatic nitrogens is 2. The molecule has 0 aromatic carbocycles. The van der Waals surface area contributed by atoms with Crippen molar-refractivity contribution in [3.8, 4) is 0 Å². The Bertz CT molecular complexity index is 709. The number of hydrogen-bond donors (Lipinski definition) is 3. The van der Waals surface area contributed by atoms with Crippen LogP contribution in [0, 0.1) is 0 Å². The van der Waals surface area contributed by atoms with Gasteiger partial charge in [-0.2, -0.15) is 0 Å². The third-order valence-corrected chi connectivity index (χ3v) is 3.16. The van der Waals surface area contributed by atoms with E-state index in [9.17, 15) is 24.0 Å². The fraction of sp³-hybridized carbons (Fsp3) is 0.364. The molecular weight excluding hydrogens is 364 g/mol. The van der Waals surface area contributed by atoms with E-state index < -0.39 is 42.0 Å². The molecule has 0 bridgehead atoms. The molecule has 1 rings (SSSR count). The smallest absolute Gasteiger partial charge is 0.374 e. The van der Waals surface area contributed by atoms with E-state index in [4.69, 9.17) is 10.8 Å². The summed E-state index contributed by atoms with van der Waals surface area (Å²) in [5.74, 6) is -3.52. The Morgan fingerprint density at radius 2 is 2.00 bits per heavy atom. The topological polar surface area (TPSA) is 156 Å². The van der Waals surface area contributed by atoms with Gasteiger partial charge in [0.2, 0.25) is 5.91 Å². The Balaban J connectivity index is 2.94. The number of amides is 1. The molecule has 22 heavy (non-hydrogen) atoms. The Hall–Kier alpha value is -2.27. The third-order valence-electron chi connectivity index (χ3n) is 2.60. The number of H-pyrrole nitrogens is 1. The van der Waals surface area contributed by atoms with Gasteiger partial charge in [0.05, 0.1) is 11.0 Å². The van der Waals surface area contributed by atoms with Gasteiger partial charge in [0, 0.05) is 19.3 Å². The van der Waals surface area contributed by atoms with Crippen molar-refractivity contribution in [3.05, 3.63) is 31.5 Å². The Morgan fingerprint density at radius 3 is 2.55 bits per heavy atom. The second kappa shape index (κ2) is 7.66. The molecule has 0 aliphatic heterocycles. The SMILES string of the molecule is NCCN(CC(=O)C(=O)O)C(=O)Cn1cc(Br)c(=O)[nH]c1=O. The molecule has 0 spiro atoms. The van der Waals surface area contributed by atoms with E-state index in [0.717, 1.165) is 15.7 Å². The van der Waals surface area contributed by atoms with Gasteiger partial charge in [-0.1, -0.05) is 0 Å². The molecule has 0 aliphatic rings. The van der Waals surface area contributed by atoms with E-state index in [0.29, 0.717) is 0 Å². The van der Waals surface area contributed by atoms with Crippen molar-refractivity contribution in [2.24, 2.45) is 5.73 Å². The number of rotatable bonds is 7. The summed E-state index contributed by atoms with van der Waals surface area (Å²) in [6, 6.07) is 0. The monoisotopic (exact) mass is 376 g/mol. The average Bonchev–Trinajstić information content (AvgIpc) is 2.43. The highest BCUT2D eigenvalue weighted by atomic mass is 79.9. The van der Waals surface area contributed by atoms with Gasteiger partial charge < -0.3 is 15.7 Å². The number of ketones is 1. The number of carboxylic acids is 1. The second-order valence-corrected chi connectivity index (χ2v) is 5.05. The summed E-state index contributed by atoms with van der Waals surface area (Å²) in [5.41, 5.74) is 3.86. The summed E-state index contributed by atoms with van der Waals surface area (Å²) >= 11 is 2.92. The summed E-state index contributed by atoms with van der Waals surface area (Å²) in [5, 5.41) is 8.56. The lowest BCUT2D eigenvalue weighted by Gasteiger charge is -2.20. The van der Waals surface area contributed by atoms with Crippen molar-refractivity contribution >= 4 is 33.6 Å². The first kappa shape index (κ1) is 17.8. The number of nitrogens with zero attached hydrogens (tertiary/aromatic N) is 2. The van der Waals surface area contributed by atoms with Gasteiger partial charge in [0.25, 0.3) is 11.3 Å². The fourth-order valence-corrected chi connectivity index (χ4v) is 1.88. The molecule has 1 aromatic heterocycles. The lowest BCUT2D eigenvalue weighted by Crippen LogP contribution is -2.44. The summed E-state index contributed by atoms with van der Waals surface area (Å²) < 4.78 is 0.967. The molecule has 0 aliphatic carbocycles. The number of nitrogens with two attached hydrogens (primary N) is 1. The molecule has 0 saturated heterocycles. The van der Waals surface area contributed by atoms with Crippen LogP contribution in [0.2, 0.25) is 0 Å². The minimum absolute atomic E-state index is 0.0167. The maximum absolute atomic E-state index is 12.1. The largest absolute Gasteiger partial charge is 0.475 e. The van der Waals surface area contributed by atoms with Crippen molar-refractivity contribution < 1.29 is 19.5 Å². The van der Waals surface area contributed by atoms with Crippen LogP contribution >= 0.6 is 15.9 Å². The van der Waals surface area contributed by atoms with Crippen molar-refractivity contribution in [2.75, 3.05) is 19.6 Å². The molecule has 1 aromatic rings. The van der Waals surface area contributed by atoms with Crippen LogP contribution in [0.4, 0.5) is 0 Å². The molecule has 11 heteroatoms. The van der Waals surface area contributed by atoms with Crippen molar-refractivity contribution in [1.29, 1.82) is 0 Å². The van der Waals surface area contributed by atoms with E-state index in [1.54, 1.807) is 0 Å². The van der Waals surface area contributed by atoms with Gasteiger partial charge in [0.15, 0.2) is 0 Å². The zero-order valence-corrected chi connectivity index (χ0v) is 12.8. The van der Waals surface area contributed by atoms with E-state index in [-0.39, 0.29) is 17.6 Å². The van der Waals surface area contributed by atoms with Crippen molar-refractivity contribution in [3.63, 3.8) is 0 Å². The Kier molecular flexibility index (Phi) is 6.19. The number of aliphatic carboxylic acids is 1. The summed E-state index contributed by atoms with van der Waals surface area (Å²) in [7, 11) is 0. The van der Waals surface area contributed by atoms with Crippen molar-refractivity contribution in [1.82, 2.24) is 14.5 Å². The molecule has 0 saturated carbocycles. The normalized spacial score (nSPS) is 10.3. The first-order chi connectivity index (χ1) is 10.3. The molecule has 1 heterocycles.